The maximum atomic E-state index is 14.7. The monoisotopic (exact) mass is 407 g/mol. The van der Waals surface area contributed by atoms with Crippen LogP contribution in [0.1, 0.15) is 39.2 Å². The minimum atomic E-state index is -0.156. The maximum absolute atomic E-state index is 14.7. The molecule has 1 saturated heterocycles. The fraction of sp³-hybridized carbons (Fsp3) is 0.682. The van der Waals surface area contributed by atoms with Crippen LogP contribution in [0.2, 0.25) is 0 Å². The van der Waals surface area contributed by atoms with E-state index in [4.69, 9.17) is 4.74 Å². The Morgan fingerprint density at radius 2 is 1.90 bits per heavy atom. The fourth-order valence-corrected chi connectivity index (χ4v) is 3.40. The molecule has 1 aromatic rings. The molecule has 7 heteroatoms. The van der Waals surface area contributed by atoms with Crippen LogP contribution in [-0.2, 0) is 11.3 Å². The number of piperazine rings is 1. The van der Waals surface area contributed by atoms with Crippen molar-refractivity contribution in [2.24, 2.45) is 4.99 Å². The molecule has 0 atom stereocenters. The standard InChI is InChI=1S/C22H38FN5O/c1-4-24-22(25-11-7-8-16-29-6-3)26-18-19-9-10-21(20(23)17-19)28-14-12-27(5-2)13-15-28/h9-10,17H,4-8,11-16,18H2,1-3H3,(H2,24,25,26). The fourth-order valence-electron chi connectivity index (χ4n) is 3.40. The van der Waals surface area contributed by atoms with Gasteiger partial charge in [0, 0.05) is 52.5 Å². The zero-order valence-corrected chi connectivity index (χ0v) is 18.3. The number of likely N-dealkylation sites (N-methyl/N-ethyl adjacent to an activating group) is 1. The number of guanidine groups is 1. The second kappa shape index (κ2) is 13.4. The van der Waals surface area contributed by atoms with Gasteiger partial charge in [0.1, 0.15) is 5.82 Å². The number of aliphatic imine (C=N–C) groups is 1. The Morgan fingerprint density at radius 3 is 2.55 bits per heavy atom. The number of nitrogens with one attached hydrogen (secondary N) is 2. The molecule has 0 unspecified atom stereocenters. The van der Waals surface area contributed by atoms with E-state index in [9.17, 15) is 4.39 Å². The predicted octanol–water partition coefficient (Wildman–Crippen LogP) is 2.84. The second-order valence-electron chi connectivity index (χ2n) is 7.23. The average molecular weight is 408 g/mol. The summed E-state index contributed by atoms with van der Waals surface area (Å²) in [5.41, 5.74) is 1.58. The molecule has 2 N–H and O–H groups in total. The molecule has 0 amide bonds. The van der Waals surface area contributed by atoms with Crippen molar-refractivity contribution in [2.45, 2.75) is 40.2 Å². The highest BCUT2D eigenvalue weighted by Gasteiger charge is 2.18. The van der Waals surface area contributed by atoms with Gasteiger partial charge in [0.05, 0.1) is 12.2 Å². The van der Waals surface area contributed by atoms with E-state index in [0.29, 0.717) is 12.2 Å². The van der Waals surface area contributed by atoms with Crippen molar-refractivity contribution in [2.75, 3.05) is 63.9 Å². The summed E-state index contributed by atoms with van der Waals surface area (Å²) in [6, 6.07) is 5.51. The number of unbranched alkanes of at least 4 members (excludes halogenated alkanes) is 1. The number of nitrogens with zero attached hydrogens (tertiary/aromatic N) is 3. The normalized spacial score (nSPS) is 15.6. The van der Waals surface area contributed by atoms with E-state index < -0.39 is 0 Å². The number of hydrogen-bond donors (Lipinski definition) is 2. The van der Waals surface area contributed by atoms with E-state index in [2.05, 4.69) is 32.3 Å². The molecule has 1 aliphatic heterocycles. The third-order valence-corrected chi connectivity index (χ3v) is 5.15. The molecule has 0 aliphatic carbocycles. The first-order chi connectivity index (χ1) is 14.2. The van der Waals surface area contributed by atoms with Crippen molar-refractivity contribution in [1.29, 1.82) is 0 Å². The number of rotatable bonds is 11. The lowest BCUT2D eigenvalue weighted by Crippen LogP contribution is -2.46. The van der Waals surface area contributed by atoms with Gasteiger partial charge >= 0.3 is 0 Å². The van der Waals surface area contributed by atoms with Crippen molar-refractivity contribution >= 4 is 11.6 Å². The molecule has 29 heavy (non-hydrogen) atoms. The van der Waals surface area contributed by atoms with Gasteiger partial charge in [-0.2, -0.15) is 0 Å². The third-order valence-electron chi connectivity index (χ3n) is 5.15. The summed E-state index contributed by atoms with van der Waals surface area (Å²) in [5.74, 6) is 0.612. The summed E-state index contributed by atoms with van der Waals surface area (Å²) in [4.78, 5) is 9.13. The minimum Gasteiger partial charge on any atom is -0.382 e. The van der Waals surface area contributed by atoms with Gasteiger partial charge in [-0.1, -0.05) is 13.0 Å². The smallest absolute Gasteiger partial charge is 0.191 e. The van der Waals surface area contributed by atoms with Gasteiger partial charge in [-0.25, -0.2) is 9.38 Å². The molecule has 1 aromatic carbocycles. The lowest BCUT2D eigenvalue weighted by Gasteiger charge is -2.35. The quantitative estimate of drug-likeness (QED) is 0.336. The van der Waals surface area contributed by atoms with E-state index in [1.165, 1.54) is 0 Å². The summed E-state index contributed by atoms with van der Waals surface area (Å²) < 4.78 is 20.0. The molecule has 2 rings (SSSR count). The zero-order chi connectivity index (χ0) is 20.9. The van der Waals surface area contributed by atoms with Crippen molar-refractivity contribution < 1.29 is 9.13 Å². The molecule has 0 bridgehead atoms. The predicted molar refractivity (Wildman–Crippen MR) is 119 cm³/mol. The molecule has 0 spiro atoms. The van der Waals surface area contributed by atoms with Gasteiger partial charge < -0.3 is 25.2 Å². The third kappa shape index (κ3) is 8.19. The molecule has 1 heterocycles. The number of ether oxygens (including phenoxy) is 1. The molecule has 1 fully saturated rings. The molecule has 164 valence electrons. The average Bonchev–Trinajstić information content (AvgIpc) is 2.74. The summed E-state index contributed by atoms with van der Waals surface area (Å²) in [6.45, 7) is 14.7. The van der Waals surface area contributed by atoms with E-state index in [0.717, 1.165) is 83.4 Å². The van der Waals surface area contributed by atoms with Crippen molar-refractivity contribution in [3.05, 3.63) is 29.6 Å². The number of benzene rings is 1. The minimum absolute atomic E-state index is 0.156. The second-order valence-corrected chi connectivity index (χ2v) is 7.23. The first-order valence-corrected chi connectivity index (χ1v) is 11.0. The molecule has 6 nitrogen and oxygen atoms in total. The van der Waals surface area contributed by atoms with Crippen LogP contribution in [0, 0.1) is 5.82 Å². The van der Waals surface area contributed by atoms with Gasteiger partial charge in [-0.15, -0.1) is 0 Å². The van der Waals surface area contributed by atoms with Crippen LogP contribution in [0.3, 0.4) is 0 Å². The molecule has 1 aliphatic rings. The summed E-state index contributed by atoms with van der Waals surface area (Å²) in [5, 5.41) is 6.58. The Kier molecular flexibility index (Phi) is 10.8. The highest BCUT2D eigenvalue weighted by Crippen LogP contribution is 2.22. The maximum Gasteiger partial charge on any atom is 0.191 e. The van der Waals surface area contributed by atoms with Gasteiger partial charge in [-0.05, 0) is 50.9 Å². The number of halogens is 1. The summed E-state index contributed by atoms with van der Waals surface area (Å²) in [6.07, 6.45) is 2.05. The van der Waals surface area contributed by atoms with Crippen molar-refractivity contribution in [3.8, 4) is 0 Å². The Labute approximate surface area is 175 Å². The van der Waals surface area contributed by atoms with Gasteiger partial charge in [0.2, 0.25) is 0 Å². The first kappa shape index (κ1) is 23.4. The topological polar surface area (TPSA) is 52.1 Å². The Bertz CT molecular complexity index is 617. The highest BCUT2D eigenvalue weighted by molar-refractivity contribution is 5.79. The Balaban J connectivity index is 1.86. The Hall–Kier alpha value is -1.86. The van der Waals surface area contributed by atoms with E-state index in [1.54, 1.807) is 6.07 Å². The molecular weight excluding hydrogens is 369 g/mol. The van der Waals surface area contributed by atoms with Crippen LogP contribution in [0.5, 0.6) is 0 Å². The van der Waals surface area contributed by atoms with Gasteiger partial charge in [-0.3, -0.25) is 0 Å². The Morgan fingerprint density at radius 1 is 1.10 bits per heavy atom. The van der Waals surface area contributed by atoms with Crippen LogP contribution < -0.4 is 15.5 Å². The molecule has 0 aromatic heterocycles. The molecule has 0 radical (unpaired) electrons. The lowest BCUT2D eigenvalue weighted by molar-refractivity contribution is 0.143. The first-order valence-electron chi connectivity index (χ1n) is 11.0. The lowest BCUT2D eigenvalue weighted by atomic mass is 10.1. The van der Waals surface area contributed by atoms with Crippen LogP contribution in [0.15, 0.2) is 23.2 Å². The molecule has 0 saturated carbocycles. The highest BCUT2D eigenvalue weighted by atomic mass is 19.1. The summed E-state index contributed by atoms with van der Waals surface area (Å²) in [7, 11) is 0. The van der Waals surface area contributed by atoms with Crippen molar-refractivity contribution in [1.82, 2.24) is 15.5 Å². The largest absolute Gasteiger partial charge is 0.382 e. The summed E-state index contributed by atoms with van der Waals surface area (Å²) >= 11 is 0. The van der Waals surface area contributed by atoms with Crippen LogP contribution in [0.4, 0.5) is 10.1 Å². The zero-order valence-electron chi connectivity index (χ0n) is 18.3. The molecular formula is C22H38FN5O. The number of anilines is 1. The van der Waals surface area contributed by atoms with Crippen molar-refractivity contribution in [3.63, 3.8) is 0 Å². The SMILES string of the molecule is CCNC(=NCc1ccc(N2CCN(CC)CC2)c(F)c1)NCCCCOCC. The van der Waals surface area contributed by atoms with Crippen LogP contribution in [-0.4, -0.2) is 69.9 Å². The van der Waals surface area contributed by atoms with Crippen LogP contribution in [0.25, 0.3) is 0 Å². The van der Waals surface area contributed by atoms with Gasteiger partial charge in [0.25, 0.3) is 0 Å². The van der Waals surface area contributed by atoms with E-state index in [1.807, 2.05) is 26.0 Å². The van der Waals surface area contributed by atoms with E-state index >= 15 is 0 Å². The van der Waals surface area contributed by atoms with E-state index in [-0.39, 0.29) is 5.82 Å². The number of hydrogen-bond acceptors (Lipinski definition) is 4. The van der Waals surface area contributed by atoms with Gasteiger partial charge in [0.15, 0.2) is 5.96 Å². The van der Waals surface area contributed by atoms with Crippen LogP contribution >= 0.6 is 0 Å².